The molecule has 0 bridgehead atoms. The van der Waals surface area contributed by atoms with Crippen LogP contribution in [0.5, 0.6) is 0 Å². The molecule has 1 rings (SSSR count). The predicted octanol–water partition coefficient (Wildman–Crippen LogP) is 0.317. The van der Waals surface area contributed by atoms with Gasteiger partial charge in [-0.05, 0) is 17.7 Å². The highest BCUT2D eigenvalue weighted by Gasteiger charge is 2.20. The Morgan fingerprint density at radius 1 is 1.42 bits per heavy atom. The second-order valence-electron chi connectivity index (χ2n) is 3.90. The summed E-state index contributed by atoms with van der Waals surface area (Å²) in [6.45, 7) is -0.183. The Kier molecular flexibility index (Phi) is 5.51. The summed E-state index contributed by atoms with van der Waals surface area (Å²) in [6, 6.07) is 7.49. The van der Waals surface area contributed by atoms with Crippen molar-refractivity contribution in [2.24, 2.45) is 0 Å². The number of nitrogens with one attached hydrogen (secondary N) is 1. The smallest absolute Gasteiger partial charge is 0.326 e. The number of rotatable bonds is 6. The summed E-state index contributed by atoms with van der Waals surface area (Å²) < 4.78 is 4.62. The molecule has 1 amide bonds. The van der Waals surface area contributed by atoms with Gasteiger partial charge < -0.3 is 15.2 Å². The van der Waals surface area contributed by atoms with Crippen molar-refractivity contribution >= 4 is 11.9 Å². The van der Waals surface area contributed by atoms with Crippen LogP contribution < -0.4 is 5.32 Å². The number of amides is 1. The van der Waals surface area contributed by atoms with Crippen LogP contribution in [0.25, 0.3) is 0 Å². The number of benzene rings is 1. The van der Waals surface area contributed by atoms with E-state index in [0.717, 1.165) is 5.56 Å². The number of nitriles is 1. The first kappa shape index (κ1) is 14.7. The van der Waals surface area contributed by atoms with E-state index >= 15 is 0 Å². The number of carbonyl (C=O) groups excluding carboxylic acids is 1. The first-order chi connectivity index (χ1) is 9.06. The fourth-order valence-corrected chi connectivity index (χ4v) is 1.52. The van der Waals surface area contributed by atoms with Gasteiger partial charge in [-0.15, -0.1) is 0 Å². The zero-order valence-electron chi connectivity index (χ0n) is 10.4. The Morgan fingerprint density at radius 2 is 2.05 bits per heavy atom. The van der Waals surface area contributed by atoms with E-state index in [1.807, 2.05) is 6.07 Å². The van der Waals surface area contributed by atoms with Gasteiger partial charge in [-0.2, -0.15) is 5.26 Å². The molecule has 0 aliphatic heterocycles. The van der Waals surface area contributed by atoms with Crippen LogP contribution in [0.1, 0.15) is 11.1 Å². The van der Waals surface area contributed by atoms with Crippen LogP contribution in [-0.4, -0.2) is 36.7 Å². The van der Waals surface area contributed by atoms with E-state index in [1.54, 1.807) is 24.3 Å². The molecule has 6 nitrogen and oxygen atoms in total. The number of aliphatic carboxylic acids is 1. The highest BCUT2D eigenvalue weighted by molar-refractivity contribution is 5.84. The quantitative estimate of drug-likeness (QED) is 0.769. The van der Waals surface area contributed by atoms with Crippen LogP contribution >= 0.6 is 0 Å². The molecule has 100 valence electrons. The monoisotopic (exact) mass is 262 g/mol. The molecule has 1 aromatic rings. The third-order valence-corrected chi connectivity index (χ3v) is 2.43. The number of methoxy groups -OCH3 is 1. The number of hydrogen-bond acceptors (Lipinski definition) is 4. The molecule has 2 N–H and O–H groups in total. The highest BCUT2D eigenvalue weighted by atomic mass is 16.5. The van der Waals surface area contributed by atoms with Gasteiger partial charge >= 0.3 is 5.97 Å². The lowest BCUT2D eigenvalue weighted by atomic mass is 10.0. The molecule has 0 aromatic heterocycles. The van der Waals surface area contributed by atoms with Crippen LogP contribution in [-0.2, 0) is 20.7 Å². The lowest BCUT2D eigenvalue weighted by Gasteiger charge is -2.14. The van der Waals surface area contributed by atoms with Gasteiger partial charge in [-0.3, -0.25) is 4.79 Å². The Morgan fingerprint density at radius 3 is 2.53 bits per heavy atom. The summed E-state index contributed by atoms with van der Waals surface area (Å²) in [7, 11) is 1.36. The third-order valence-electron chi connectivity index (χ3n) is 2.43. The molecule has 0 unspecified atom stereocenters. The van der Waals surface area contributed by atoms with Crippen molar-refractivity contribution in [3.8, 4) is 6.07 Å². The first-order valence-electron chi connectivity index (χ1n) is 5.57. The molecule has 1 atom stereocenters. The average Bonchev–Trinajstić information content (AvgIpc) is 2.39. The molecule has 0 saturated carbocycles. The van der Waals surface area contributed by atoms with Crippen LogP contribution in [0.4, 0.5) is 0 Å². The van der Waals surface area contributed by atoms with Gasteiger partial charge in [-0.1, -0.05) is 12.1 Å². The number of hydrogen-bond donors (Lipinski definition) is 2. The summed E-state index contributed by atoms with van der Waals surface area (Å²) in [6.07, 6.45) is 0.149. The molecule has 0 aliphatic rings. The minimum absolute atomic E-state index is 0.149. The van der Waals surface area contributed by atoms with E-state index in [9.17, 15) is 9.59 Å². The number of carboxylic acids is 1. The third kappa shape index (κ3) is 4.77. The summed E-state index contributed by atoms with van der Waals surface area (Å²) in [4.78, 5) is 22.4. The summed E-state index contributed by atoms with van der Waals surface area (Å²) in [5.74, 6) is -1.60. The minimum atomic E-state index is -1.12. The lowest BCUT2D eigenvalue weighted by Crippen LogP contribution is -2.43. The molecule has 19 heavy (non-hydrogen) atoms. The highest BCUT2D eigenvalue weighted by Crippen LogP contribution is 2.06. The van der Waals surface area contributed by atoms with Gasteiger partial charge in [-0.25, -0.2) is 4.79 Å². The Balaban J connectivity index is 2.70. The second kappa shape index (κ2) is 7.13. The van der Waals surface area contributed by atoms with E-state index in [2.05, 4.69) is 10.1 Å². The van der Waals surface area contributed by atoms with Crippen LogP contribution in [0.3, 0.4) is 0 Å². The van der Waals surface area contributed by atoms with Crippen molar-refractivity contribution in [2.75, 3.05) is 13.7 Å². The van der Waals surface area contributed by atoms with Crippen LogP contribution in [0.15, 0.2) is 24.3 Å². The molecular formula is C13H14N2O4. The van der Waals surface area contributed by atoms with Gasteiger partial charge in [0.25, 0.3) is 0 Å². The largest absolute Gasteiger partial charge is 0.480 e. The molecule has 0 heterocycles. The van der Waals surface area contributed by atoms with Gasteiger partial charge in [0.15, 0.2) is 0 Å². The van der Waals surface area contributed by atoms with E-state index in [0.29, 0.717) is 5.56 Å². The zero-order chi connectivity index (χ0) is 14.3. The molecule has 1 aromatic carbocycles. The van der Waals surface area contributed by atoms with Gasteiger partial charge in [0.2, 0.25) is 5.91 Å². The summed E-state index contributed by atoms with van der Waals surface area (Å²) in [5.41, 5.74) is 1.23. The minimum Gasteiger partial charge on any atom is -0.480 e. The Labute approximate surface area is 110 Å². The van der Waals surface area contributed by atoms with Crippen molar-refractivity contribution in [1.82, 2.24) is 5.32 Å². The fourth-order valence-electron chi connectivity index (χ4n) is 1.52. The SMILES string of the molecule is COCC(=O)N[C@@H](Cc1ccc(C#N)cc1)C(=O)O. The summed E-state index contributed by atoms with van der Waals surface area (Å²) >= 11 is 0. The lowest BCUT2D eigenvalue weighted by molar-refractivity contribution is -0.142. The zero-order valence-corrected chi connectivity index (χ0v) is 10.4. The maximum absolute atomic E-state index is 11.3. The van der Waals surface area contributed by atoms with Crippen molar-refractivity contribution in [2.45, 2.75) is 12.5 Å². The molecule has 0 saturated heterocycles. The molecule has 0 aliphatic carbocycles. The second-order valence-corrected chi connectivity index (χ2v) is 3.90. The average molecular weight is 262 g/mol. The summed E-state index contributed by atoms with van der Waals surface area (Å²) in [5, 5.41) is 20.1. The molecular weight excluding hydrogens is 248 g/mol. The van der Waals surface area contributed by atoms with Crippen LogP contribution in [0.2, 0.25) is 0 Å². The van der Waals surface area contributed by atoms with E-state index < -0.39 is 17.9 Å². The Hall–Kier alpha value is -2.39. The van der Waals surface area contributed by atoms with Crippen molar-refractivity contribution in [3.05, 3.63) is 35.4 Å². The van der Waals surface area contributed by atoms with E-state index in [4.69, 9.17) is 10.4 Å². The topological polar surface area (TPSA) is 99.4 Å². The molecule has 0 spiro atoms. The fraction of sp³-hybridized carbons (Fsp3) is 0.308. The van der Waals surface area contributed by atoms with E-state index in [-0.39, 0.29) is 13.0 Å². The number of ether oxygens (including phenoxy) is 1. The number of nitrogens with zero attached hydrogens (tertiary/aromatic N) is 1. The Bertz CT molecular complexity index is 490. The molecule has 0 radical (unpaired) electrons. The van der Waals surface area contributed by atoms with Gasteiger partial charge in [0.1, 0.15) is 12.6 Å². The van der Waals surface area contributed by atoms with Gasteiger partial charge in [0, 0.05) is 13.5 Å². The van der Waals surface area contributed by atoms with Crippen molar-refractivity contribution in [3.63, 3.8) is 0 Å². The van der Waals surface area contributed by atoms with Crippen LogP contribution in [0, 0.1) is 11.3 Å². The van der Waals surface area contributed by atoms with E-state index in [1.165, 1.54) is 7.11 Å². The van der Waals surface area contributed by atoms with Crippen molar-refractivity contribution < 1.29 is 19.4 Å². The van der Waals surface area contributed by atoms with Gasteiger partial charge in [0.05, 0.1) is 11.6 Å². The van der Waals surface area contributed by atoms with Crippen molar-refractivity contribution in [1.29, 1.82) is 5.26 Å². The number of carbonyl (C=O) groups is 2. The first-order valence-corrected chi connectivity index (χ1v) is 5.57. The molecule has 0 fully saturated rings. The maximum Gasteiger partial charge on any atom is 0.326 e. The maximum atomic E-state index is 11.3. The normalized spacial score (nSPS) is 11.4. The molecule has 6 heteroatoms. The standard InChI is InChI=1S/C13H14N2O4/c1-19-8-12(16)15-11(13(17)18)6-9-2-4-10(7-14)5-3-9/h2-5,11H,6,8H2,1H3,(H,15,16)(H,17,18)/t11-/m0/s1. The predicted molar refractivity (Wildman–Crippen MR) is 66.3 cm³/mol. The number of carboxylic acid groups (broad SMARTS) is 1.